The van der Waals surface area contributed by atoms with E-state index >= 15 is 0 Å². The molecule has 0 amide bonds. The van der Waals surface area contributed by atoms with Crippen molar-refractivity contribution in [2.24, 2.45) is 0 Å². The molecule has 2 atom stereocenters. The van der Waals surface area contributed by atoms with E-state index in [0.29, 0.717) is 12.5 Å². The lowest BCUT2D eigenvalue weighted by molar-refractivity contribution is 0.263. The summed E-state index contributed by atoms with van der Waals surface area (Å²) in [6.45, 7) is 5.56. The van der Waals surface area contributed by atoms with Crippen LogP contribution >= 0.6 is 0 Å². The average molecular weight is 390 g/mol. The Labute approximate surface area is 177 Å². The van der Waals surface area contributed by atoms with Crippen molar-refractivity contribution in [2.75, 3.05) is 13.2 Å². The van der Waals surface area contributed by atoms with Crippen LogP contribution in [0, 0.1) is 23.7 Å². The number of epoxide rings is 1. The van der Waals surface area contributed by atoms with E-state index < -0.39 is 0 Å². The van der Waals surface area contributed by atoms with Crippen molar-refractivity contribution in [1.29, 1.82) is 0 Å². The van der Waals surface area contributed by atoms with Crippen LogP contribution < -0.4 is 4.74 Å². The van der Waals surface area contributed by atoms with Crippen LogP contribution in [0.25, 0.3) is 11.1 Å². The molecule has 0 aromatic heterocycles. The molecule has 0 spiro atoms. The van der Waals surface area contributed by atoms with Crippen molar-refractivity contribution in [1.82, 2.24) is 0 Å². The lowest BCUT2D eigenvalue weighted by Crippen LogP contribution is -2.03. The van der Waals surface area contributed by atoms with Crippen LogP contribution in [0.3, 0.4) is 0 Å². The fraction of sp³-hybridized carbons (Fsp3) is 0.214. The van der Waals surface area contributed by atoms with Crippen LogP contribution in [-0.2, 0) is 4.74 Å². The second-order valence-electron chi connectivity index (χ2n) is 7.74. The van der Waals surface area contributed by atoms with E-state index in [-0.39, 0.29) is 6.10 Å². The zero-order valence-electron chi connectivity index (χ0n) is 17.2. The van der Waals surface area contributed by atoms with E-state index in [1.54, 1.807) is 0 Å². The largest absolute Gasteiger partial charge is 0.491 e. The Morgan fingerprint density at radius 3 is 2.00 bits per heavy atom. The van der Waals surface area contributed by atoms with Gasteiger partial charge in [0.15, 0.2) is 0 Å². The second kappa shape index (κ2) is 7.75. The minimum atomic E-state index is 0.268. The Morgan fingerprint density at radius 1 is 0.833 bits per heavy atom. The van der Waals surface area contributed by atoms with Gasteiger partial charge in [0.25, 0.3) is 0 Å². The van der Waals surface area contributed by atoms with Gasteiger partial charge in [0, 0.05) is 22.6 Å². The third-order valence-corrected chi connectivity index (χ3v) is 5.64. The third-order valence-electron chi connectivity index (χ3n) is 5.64. The summed E-state index contributed by atoms with van der Waals surface area (Å²) < 4.78 is 10.8. The van der Waals surface area contributed by atoms with Gasteiger partial charge >= 0.3 is 0 Å². The number of hydrogen-bond acceptors (Lipinski definition) is 2. The molecule has 1 fully saturated rings. The summed E-state index contributed by atoms with van der Waals surface area (Å²) >= 11 is 0. The van der Waals surface area contributed by atoms with Crippen molar-refractivity contribution in [3.05, 3.63) is 88.5 Å². The molecule has 1 aliphatic carbocycles. The Balaban J connectivity index is 1.36. The molecule has 146 valence electrons. The summed E-state index contributed by atoms with van der Waals surface area (Å²) in [7, 11) is 0. The minimum absolute atomic E-state index is 0.268. The first kappa shape index (κ1) is 18.6. The van der Waals surface area contributed by atoms with Crippen LogP contribution in [0.4, 0.5) is 0 Å². The van der Waals surface area contributed by atoms with Crippen molar-refractivity contribution in [2.45, 2.75) is 25.9 Å². The molecule has 5 rings (SSSR count). The summed E-state index contributed by atoms with van der Waals surface area (Å²) in [6.07, 6.45) is 0.268. The first-order valence-electron chi connectivity index (χ1n) is 10.3. The van der Waals surface area contributed by atoms with Gasteiger partial charge in [0.05, 0.1) is 6.61 Å². The van der Waals surface area contributed by atoms with Gasteiger partial charge in [0.2, 0.25) is 0 Å². The normalized spacial score (nSPS) is 17.7. The SMILES string of the molecule is CC#Cc1ccc2c(c1)C(C)c1cc(C#Cc3ccc(OCC4CO4)cc3)ccc1-2. The molecule has 0 radical (unpaired) electrons. The van der Waals surface area contributed by atoms with Crippen LogP contribution in [0.5, 0.6) is 5.75 Å². The molecule has 2 heteroatoms. The van der Waals surface area contributed by atoms with Crippen LogP contribution in [0.15, 0.2) is 60.7 Å². The highest BCUT2D eigenvalue weighted by molar-refractivity contribution is 5.80. The van der Waals surface area contributed by atoms with Crippen molar-refractivity contribution in [3.63, 3.8) is 0 Å². The minimum Gasteiger partial charge on any atom is -0.491 e. The van der Waals surface area contributed by atoms with Gasteiger partial charge in [-0.25, -0.2) is 0 Å². The Bertz CT molecular complexity index is 1230. The van der Waals surface area contributed by atoms with Gasteiger partial charge in [-0.05, 0) is 77.7 Å². The molecule has 3 aromatic rings. The number of hydrogen-bond donors (Lipinski definition) is 0. The van der Waals surface area contributed by atoms with Crippen LogP contribution in [0.2, 0.25) is 0 Å². The molecule has 1 aliphatic heterocycles. The van der Waals surface area contributed by atoms with Gasteiger partial charge in [-0.2, -0.15) is 0 Å². The van der Waals surface area contributed by atoms with Crippen molar-refractivity contribution < 1.29 is 9.47 Å². The van der Waals surface area contributed by atoms with Gasteiger partial charge in [-0.3, -0.25) is 0 Å². The van der Waals surface area contributed by atoms with E-state index in [1.807, 2.05) is 31.2 Å². The number of rotatable bonds is 3. The van der Waals surface area contributed by atoms with Gasteiger partial charge in [-0.1, -0.05) is 36.8 Å². The Kier molecular flexibility index (Phi) is 4.80. The fourth-order valence-electron chi connectivity index (χ4n) is 3.93. The highest BCUT2D eigenvalue weighted by Gasteiger charge is 2.25. The lowest BCUT2D eigenvalue weighted by atomic mass is 9.97. The fourth-order valence-corrected chi connectivity index (χ4v) is 3.93. The number of fused-ring (bicyclic) bond motifs is 3. The summed E-state index contributed by atoms with van der Waals surface area (Å²) in [5.74, 6) is 13.9. The monoisotopic (exact) mass is 390 g/mol. The van der Waals surface area contributed by atoms with E-state index in [1.165, 1.54) is 22.3 Å². The zero-order valence-corrected chi connectivity index (χ0v) is 17.2. The van der Waals surface area contributed by atoms with Gasteiger partial charge < -0.3 is 9.47 Å². The molecule has 2 unspecified atom stereocenters. The highest BCUT2D eigenvalue weighted by atomic mass is 16.6. The summed E-state index contributed by atoms with van der Waals surface area (Å²) in [6, 6.07) is 21.0. The average Bonchev–Trinajstić information content (AvgIpc) is 3.57. The predicted molar refractivity (Wildman–Crippen MR) is 120 cm³/mol. The zero-order chi connectivity index (χ0) is 20.5. The molecule has 0 bridgehead atoms. The van der Waals surface area contributed by atoms with E-state index in [0.717, 1.165) is 29.0 Å². The Morgan fingerprint density at radius 2 is 1.40 bits per heavy atom. The molecular formula is C28H22O2. The maximum Gasteiger partial charge on any atom is 0.119 e. The van der Waals surface area contributed by atoms with Gasteiger partial charge in [0.1, 0.15) is 18.5 Å². The molecule has 2 nitrogen and oxygen atoms in total. The third kappa shape index (κ3) is 3.71. The smallest absolute Gasteiger partial charge is 0.119 e. The summed E-state index contributed by atoms with van der Waals surface area (Å²) in [5.41, 5.74) is 8.39. The van der Waals surface area contributed by atoms with Crippen molar-refractivity contribution >= 4 is 0 Å². The predicted octanol–water partition coefficient (Wildman–Crippen LogP) is 5.37. The summed E-state index contributed by atoms with van der Waals surface area (Å²) in [5, 5.41) is 0. The van der Waals surface area contributed by atoms with Crippen LogP contribution in [0.1, 0.15) is 47.6 Å². The molecule has 0 N–H and O–H groups in total. The van der Waals surface area contributed by atoms with Crippen LogP contribution in [-0.4, -0.2) is 19.3 Å². The lowest BCUT2D eigenvalue weighted by Gasteiger charge is -2.06. The molecule has 30 heavy (non-hydrogen) atoms. The topological polar surface area (TPSA) is 21.8 Å². The summed E-state index contributed by atoms with van der Waals surface area (Å²) in [4.78, 5) is 0. The quantitative estimate of drug-likeness (QED) is 0.443. The molecule has 3 aromatic carbocycles. The van der Waals surface area contributed by atoms with E-state index in [2.05, 4.69) is 67.0 Å². The highest BCUT2D eigenvalue weighted by Crippen LogP contribution is 2.45. The van der Waals surface area contributed by atoms with E-state index in [4.69, 9.17) is 9.47 Å². The first-order chi connectivity index (χ1) is 14.7. The maximum atomic E-state index is 5.68. The first-order valence-corrected chi connectivity index (χ1v) is 10.3. The Hall–Kier alpha value is -3.46. The van der Waals surface area contributed by atoms with Gasteiger partial charge in [-0.15, -0.1) is 5.92 Å². The molecule has 1 heterocycles. The molecule has 2 aliphatic rings. The van der Waals surface area contributed by atoms with E-state index in [9.17, 15) is 0 Å². The molecular weight excluding hydrogens is 368 g/mol. The maximum absolute atomic E-state index is 5.68. The van der Waals surface area contributed by atoms with Crippen molar-refractivity contribution in [3.8, 4) is 40.6 Å². The second-order valence-corrected chi connectivity index (χ2v) is 7.74. The molecule has 1 saturated heterocycles. The number of ether oxygens (including phenoxy) is 2. The standard InChI is InChI=1S/C28H22O2/c1-3-4-21-9-13-25-26-14-10-22(16-28(26)19(2)27(25)15-21)6-5-20-7-11-23(12-8-20)29-17-24-18-30-24/h7-16,19,24H,17-18H2,1-2H3. The molecule has 0 saturated carbocycles. The number of benzene rings is 3.